The number of anilines is 1. The summed E-state index contributed by atoms with van der Waals surface area (Å²) in [5.41, 5.74) is 13.0. The zero-order chi connectivity index (χ0) is 14.6. The summed E-state index contributed by atoms with van der Waals surface area (Å²) in [5, 5.41) is 4.55. The van der Waals surface area contributed by atoms with Gasteiger partial charge in [0.15, 0.2) is 5.65 Å². The lowest BCUT2D eigenvalue weighted by molar-refractivity contribution is 0.663. The molecule has 0 saturated heterocycles. The highest BCUT2D eigenvalue weighted by atomic mass is 15.4. The average molecular weight is 281 g/mol. The van der Waals surface area contributed by atoms with Crippen molar-refractivity contribution in [2.24, 2.45) is 0 Å². The summed E-state index contributed by atoms with van der Waals surface area (Å²) in [6.07, 6.45) is 3.60. The van der Waals surface area contributed by atoms with Gasteiger partial charge in [-0.1, -0.05) is 6.07 Å². The first-order valence-corrected chi connectivity index (χ1v) is 7.52. The van der Waals surface area contributed by atoms with E-state index in [0.29, 0.717) is 5.95 Å². The van der Waals surface area contributed by atoms with Crippen LogP contribution in [0.4, 0.5) is 5.95 Å². The van der Waals surface area contributed by atoms with Crippen molar-refractivity contribution < 1.29 is 0 Å². The number of nitrogens with two attached hydrogens (primary N) is 1. The quantitative estimate of drug-likeness (QED) is 0.785. The maximum Gasteiger partial charge on any atom is 0.207 e. The Labute approximate surface area is 123 Å². The lowest BCUT2D eigenvalue weighted by Crippen LogP contribution is -2.07. The first kappa shape index (κ1) is 12.4. The Balaban J connectivity index is 1.99. The molecule has 1 aromatic carbocycles. The maximum absolute atomic E-state index is 6.18. The molecule has 0 fully saturated rings. The van der Waals surface area contributed by atoms with E-state index in [1.165, 1.54) is 24.0 Å². The fourth-order valence-electron chi connectivity index (χ4n) is 3.36. The Bertz CT molecular complexity index is 840. The van der Waals surface area contributed by atoms with Crippen LogP contribution in [0.3, 0.4) is 0 Å². The summed E-state index contributed by atoms with van der Waals surface area (Å²) in [4.78, 5) is 4.51. The first-order chi connectivity index (χ1) is 10.2. The summed E-state index contributed by atoms with van der Waals surface area (Å²) in [6, 6.07) is 6.62. The number of nitrogen functional groups attached to an aromatic ring is 1. The van der Waals surface area contributed by atoms with Gasteiger partial charge in [-0.25, -0.2) is 9.67 Å². The van der Waals surface area contributed by atoms with Gasteiger partial charge in [0.2, 0.25) is 5.95 Å². The molecule has 0 radical (unpaired) electrons. The van der Waals surface area contributed by atoms with Crippen LogP contribution in [0.5, 0.6) is 0 Å². The molecule has 0 atom stereocenters. The van der Waals surface area contributed by atoms with Crippen molar-refractivity contribution in [1.29, 1.82) is 0 Å². The first-order valence-electron chi connectivity index (χ1n) is 7.52. The van der Waals surface area contributed by atoms with Crippen LogP contribution in [0.1, 0.15) is 30.2 Å². The molecule has 3 aromatic rings. The molecule has 2 N–H and O–H groups in total. The van der Waals surface area contributed by atoms with Gasteiger partial charge < -0.3 is 5.73 Å². The minimum atomic E-state index is 0.533. The van der Waals surface area contributed by atoms with Crippen molar-refractivity contribution in [3.05, 3.63) is 35.0 Å². The molecular formula is C16H19N5. The number of hydrogen-bond donors (Lipinski definition) is 1. The van der Waals surface area contributed by atoms with Gasteiger partial charge in [-0.15, -0.1) is 0 Å². The summed E-state index contributed by atoms with van der Waals surface area (Å²) >= 11 is 0. The molecule has 1 aliphatic rings. The number of benzene rings is 1. The van der Waals surface area contributed by atoms with Gasteiger partial charge in [-0.3, -0.25) is 4.57 Å². The highest BCUT2D eigenvalue weighted by molar-refractivity contribution is 5.80. The number of aryl methyl sites for hydroxylation is 4. The summed E-state index contributed by atoms with van der Waals surface area (Å²) < 4.78 is 4.00. The monoisotopic (exact) mass is 281 g/mol. The van der Waals surface area contributed by atoms with Crippen LogP contribution < -0.4 is 5.73 Å². The average Bonchev–Trinajstić information content (AvgIpc) is 3.14. The van der Waals surface area contributed by atoms with Gasteiger partial charge in [-0.2, -0.15) is 5.10 Å². The molecular weight excluding hydrogens is 262 g/mol. The highest BCUT2D eigenvalue weighted by Crippen LogP contribution is 2.29. The highest BCUT2D eigenvalue weighted by Gasteiger charge is 2.19. The molecule has 5 nitrogen and oxygen atoms in total. The molecule has 2 aromatic heterocycles. The van der Waals surface area contributed by atoms with Crippen molar-refractivity contribution >= 4 is 17.1 Å². The zero-order valence-electron chi connectivity index (χ0n) is 12.4. The Kier molecular flexibility index (Phi) is 2.58. The van der Waals surface area contributed by atoms with Crippen LogP contribution in [0.2, 0.25) is 0 Å². The van der Waals surface area contributed by atoms with Crippen LogP contribution in [0.15, 0.2) is 18.2 Å². The Hall–Kier alpha value is -2.30. The molecule has 2 heterocycles. The molecule has 0 bridgehead atoms. The number of imidazole rings is 1. The Morgan fingerprint density at radius 2 is 2.05 bits per heavy atom. The van der Waals surface area contributed by atoms with Gasteiger partial charge in [0.25, 0.3) is 0 Å². The van der Waals surface area contributed by atoms with Crippen molar-refractivity contribution in [3.63, 3.8) is 0 Å². The van der Waals surface area contributed by atoms with Gasteiger partial charge in [0.05, 0.1) is 11.4 Å². The third-order valence-corrected chi connectivity index (χ3v) is 4.38. The predicted molar refractivity (Wildman–Crippen MR) is 83.7 cm³/mol. The summed E-state index contributed by atoms with van der Waals surface area (Å²) in [6.45, 7) is 4.87. The Morgan fingerprint density at radius 3 is 2.86 bits per heavy atom. The molecule has 0 amide bonds. The largest absolute Gasteiger partial charge is 0.369 e. The third kappa shape index (κ3) is 1.70. The van der Waals surface area contributed by atoms with Crippen LogP contribution >= 0.6 is 0 Å². The molecule has 0 spiro atoms. The smallest absolute Gasteiger partial charge is 0.207 e. The Morgan fingerprint density at radius 1 is 1.24 bits per heavy atom. The van der Waals surface area contributed by atoms with Crippen LogP contribution in [-0.2, 0) is 19.4 Å². The summed E-state index contributed by atoms with van der Waals surface area (Å²) in [5.74, 6) is 0.533. The second-order valence-corrected chi connectivity index (χ2v) is 5.69. The number of nitrogens with zero attached hydrogens (tertiary/aromatic N) is 4. The van der Waals surface area contributed by atoms with Crippen molar-refractivity contribution in [1.82, 2.24) is 19.3 Å². The van der Waals surface area contributed by atoms with Crippen molar-refractivity contribution in [2.45, 2.75) is 39.7 Å². The third-order valence-electron chi connectivity index (χ3n) is 4.38. The van der Waals surface area contributed by atoms with Gasteiger partial charge in [-0.05, 0) is 56.4 Å². The fourth-order valence-corrected chi connectivity index (χ4v) is 3.36. The molecule has 5 heteroatoms. The van der Waals surface area contributed by atoms with E-state index in [1.54, 1.807) is 0 Å². The predicted octanol–water partition coefficient (Wildman–Crippen LogP) is 2.62. The van der Waals surface area contributed by atoms with Gasteiger partial charge >= 0.3 is 0 Å². The zero-order valence-corrected chi connectivity index (χ0v) is 12.4. The number of hydrogen-bond acceptors (Lipinski definition) is 3. The van der Waals surface area contributed by atoms with E-state index in [-0.39, 0.29) is 0 Å². The number of aromatic nitrogens is 4. The van der Waals surface area contributed by atoms with E-state index in [0.717, 1.165) is 35.5 Å². The molecule has 0 saturated carbocycles. The molecule has 0 aliphatic heterocycles. The van der Waals surface area contributed by atoms with Crippen LogP contribution in [0.25, 0.3) is 16.9 Å². The summed E-state index contributed by atoms with van der Waals surface area (Å²) in [7, 11) is 0. The molecule has 0 unspecified atom stereocenters. The number of rotatable bonds is 2. The lowest BCUT2D eigenvalue weighted by atomic mass is 10.1. The van der Waals surface area contributed by atoms with Crippen LogP contribution in [-0.4, -0.2) is 19.3 Å². The second-order valence-electron chi connectivity index (χ2n) is 5.69. The molecule has 1 aliphatic carbocycles. The molecule has 21 heavy (non-hydrogen) atoms. The minimum Gasteiger partial charge on any atom is -0.369 e. The van der Waals surface area contributed by atoms with Gasteiger partial charge in [0.1, 0.15) is 5.52 Å². The lowest BCUT2D eigenvalue weighted by Gasteiger charge is -2.10. The van der Waals surface area contributed by atoms with Crippen LogP contribution in [0, 0.1) is 6.92 Å². The topological polar surface area (TPSA) is 61.7 Å². The van der Waals surface area contributed by atoms with Gasteiger partial charge in [0, 0.05) is 6.54 Å². The standard InChI is InChI=1S/C16H19N5/c1-3-20-15-14(10(2)19-20)18-16(17)21(15)13-8-7-11-5-4-6-12(11)9-13/h7-9H,3-6H2,1-2H3,(H2,17,18). The fraction of sp³-hybridized carbons (Fsp3) is 0.375. The normalized spacial score (nSPS) is 14.0. The van der Waals surface area contributed by atoms with E-state index in [2.05, 4.69) is 35.2 Å². The SMILES string of the molecule is CCn1nc(C)c2nc(N)n(-c3ccc4c(c3)CCC4)c21. The van der Waals surface area contributed by atoms with E-state index in [1.807, 2.05) is 16.2 Å². The van der Waals surface area contributed by atoms with Crippen molar-refractivity contribution in [2.75, 3.05) is 5.73 Å². The van der Waals surface area contributed by atoms with E-state index >= 15 is 0 Å². The van der Waals surface area contributed by atoms with E-state index < -0.39 is 0 Å². The minimum absolute atomic E-state index is 0.533. The van der Waals surface area contributed by atoms with Crippen molar-refractivity contribution in [3.8, 4) is 5.69 Å². The molecule has 108 valence electrons. The number of fused-ring (bicyclic) bond motifs is 2. The van der Waals surface area contributed by atoms with E-state index in [9.17, 15) is 0 Å². The maximum atomic E-state index is 6.18. The second kappa shape index (κ2) is 4.35. The van der Waals surface area contributed by atoms with E-state index in [4.69, 9.17) is 5.73 Å². The molecule has 4 rings (SSSR count).